The minimum atomic E-state index is 0.136. The summed E-state index contributed by atoms with van der Waals surface area (Å²) in [4.78, 5) is 17.1. The first-order chi connectivity index (χ1) is 11.2. The highest BCUT2D eigenvalue weighted by Crippen LogP contribution is 2.18. The van der Waals surface area contributed by atoms with Crippen LogP contribution in [0.4, 0.5) is 0 Å². The van der Waals surface area contributed by atoms with Crippen LogP contribution in [0.15, 0.2) is 47.1 Å². The second-order valence-electron chi connectivity index (χ2n) is 5.88. The van der Waals surface area contributed by atoms with Crippen molar-refractivity contribution in [3.05, 3.63) is 58.3 Å². The van der Waals surface area contributed by atoms with Gasteiger partial charge in [0.1, 0.15) is 5.69 Å². The molecule has 0 aliphatic carbocycles. The lowest BCUT2D eigenvalue weighted by molar-refractivity contribution is 0.0618. The summed E-state index contributed by atoms with van der Waals surface area (Å²) >= 11 is 3.46. The maximum Gasteiger partial charge on any atom is 0.270 e. The van der Waals surface area contributed by atoms with E-state index in [2.05, 4.69) is 52.0 Å². The van der Waals surface area contributed by atoms with Crippen molar-refractivity contribution in [1.82, 2.24) is 14.4 Å². The van der Waals surface area contributed by atoms with E-state index in [1.165, 1.54) is 5.56 Å². The molecule has 1 saturated heterocycles. The standard InChI is InChI=1S/C18H22BrN3O/c1-2-21-14-16(19)12-17(21)18(23)22-10-8-20(9-11-22)13-15-6-4-3-5-7-15/h3-7,12,14H,2,8-11,13H2,1H3. The van der Waals surface area contributed by atoms with Gasteiger partial charge in [-0.1, -0.05) is 30.3 Å². The molecule has 2 heterocycles. The van der Waals surface area contributed by atoms with Gasteiger partial charge in [-0.05, 0) is 34.5 Å². The van der Waals surface area contributed by atoms with Crippen LogP contribution in [0.5, 0.6) is 0 Å². The van der Waals surface area contributed by atoms with E-state index in [-0.39, 0.29) is 5.91 Å². The van der Waals surface area contributed by atoms with Crippen molar-refractivity contribution in [2.24, 2.45) is 0 Å². The molecule has 0 spiro atoms. The fraction of sp³-hybridized carbons (Fsp3) is 0.389. The van der Waals surface area contributed by atoms with E-state index in [4.69, 9.17) is 0 Å². The van der Waals surface area contributed by atoms with E-state index < -0.39 is 0 Å². The highest BCUT2D eigenvalue weighted by molar-refractivity contribution is 9.10. The average Bonchev–Trinajstić information content (AvgIpc) is 2.97. The molecule has 5 heteroatoms. The molecule has 0 radical (unpaired) electrons. The number of aromatic nitrogens is 1. The van der Waals surface area contributed by atoms with Crippen LogP contribution in [0.3, 0.4) is 0 Å². The largest absolute Gasteiger partial charge is 0.343 e. The number of piperazine rings is 1. The molecule has 1 fully saturated rings. The monoisotopic (exact) mass is 375 g/mol. The number of benzene rings is 1. The Kier molecular flexibility index (Phi) is 5.18. The van der Waals surface area contributed by atoms with Gasteiger partial charge in [0.2, 0.25) is 0 Å². The summed E-state index contributed by atoms with van der Waals surface area (Å²) in [5.41, 5.74) is 2.10. The number of aryl methyl sites for hydroxylation is 1. The van der Waals surface area contributed by atoms with Gasteiger partial charge < -0.3 is 9.47 Å². The third-order valence-corrected chi connectivity index (χ3v) is 4.77. The van der Waals surface area contributed by atoms with Gasteiger partial charge in [-0.3, -0.25) is 9.69 Å². The summed E-state index contributed by atoms with van der Waals surface area (Å²) < 4.78 is 2.97. The Morgan fingerprint density at radius 3 is 2.48 bits per heavy atom. The lowest BCUT2D eigenvalue weighted by Gasteiger charge is -2.34. The van der Waals surface area contributed by atoms with Gasteiger partial charge in [0, 0.05) is 49.9 Å². The predicted molar refractivity (Wildman–Crippen MR) is 95.4 cm³/mol. The summed E-state index contributed by atoms with van der Waals surface area (Å²) in [5, 5.41) is 0. The van der Waals surface area contributed by atoms with Crippen LogP contribution in [0, 0.1) is 0 Å². The van der Waals surface area contributed by atoms with Crippen LogP contribution >= 0.6 is 15.9 Å². The van der Waals surface area contributed by atoms with E-state index >= 15 is 0 Å². The molecule has 1 amide bonds. The highest BCUT2D eigenvalue weighted by Gasteiger charge is 2.24. The summed E-state index contributed by atoms with van der Waals surface area (Å²) in [6.07, 6.45) is 1.97. The van der Waals surface area contributed by atoms with Crippen molar-refractivity contribution in [3.63, 3.8) is 0 Å². The molecule has 1 aliphatic rings. The van der Waals surface area contributed by atoms with Crippen molar-refractivity contribution in [3.8, 4) is 0 Å². The first kappa shape index (κ1) is 16.3. The van der Waals surface area contributed by atoms with Gasteiger partial charge >= 0.3 is 0 Å². The molecule has 122 valence electrons. The number of nitrogens with zero attached hydrogens (tertiary/aromatic N) is 3. The van der Waals surface area contributed by atoms with Crippen LogP contribution in [0.25, 0.3) is 0 Å². The maximum absolute atomic E-state index is 12.7. The fourth-order valence-corrected chi connectivity index (χ4v) is 3.49. The molecular formula is C18H22BrN3O. The third kappa shape index (κ3) is 3.85. The van der Waals surface area contributed by atoms with E-state index in [9.17, 15) is 4.79 Å². The van der Waals surface area contributed by atoms with E-state index in [0.29, 0.717) is 0 Å². The summed E-state index contributed by atoms with van der Waals surface area (Å²) in [7, 11) is 0. The third-order valence-electron chi connectivity index (χ3n) is 4.33. The van der Waals surface area contributed by atoms with Crippen LogP contribution in [0.1, 0.15) is 23.0 Å². The average molecular weight is 376 g/mol. The number of carbonyl (C=O) groups excluding carboxylic acids is 1. The molecular weight excluding hydrogens is 354 g/mol. The summed E-state index contributed by atoms with van der Waals surface area (Å²) in [6.45, 7) is 7.25. The Morgan fingerprint density at radius 2 is 1.83 bits per heavy atom. The normalized spacial score (nSPS) is 15.8. The number of halogens is 1. The molecule has 0 bridgehead atoms. The van der Waals surface area contributed by atoms with Crippen molar-refractivity contribution in [1.29, 1.82) is 0 Å². The van der Waals surface area contributed by atoms with Crippen LogP contribution in [-0.2, 0) is 13.1 Å². The molecule has 23 heavy (non-hydrogen) atoms. The zero-order valence-corrected chi connectivity index (χ0v) is 15.0. The number of rotatable bonds is 4. The van der Waals surface area contributed by atoms with E-state index in [1.54, 1.807) is 0 Å². The van der Waals surface area contributed by atoms with Gasteiger partial charge in [-0.15, -0.1) is 0 Å². The van der Waals surface area contributed by atoms with Gasteiger partial charge in [0.15, 0.2) is 0 Å². The fourth-order valence-electron chi connectivity index (χ4n) is 3.03. The van der Waals surface area contributed by atoms with Gasteiger partial charge in [0.05, 0.1) is 0 Å². The maximum atomic E-state index is 12.7. The molecule has 0 atom stereocenters. The topological polar surface area (TPSA) is 28.5 Å². The number of amides is 1. The Hall–Kier alpha value is -1.59. The smallest absolute Gasteiger partial charge is 0.270 e. The van der Waals surface area contributed by atoms with Crippen molar-refractivity contribution < 1.29 is 4.79 Å². The number of carbonyl (C=O) groups is 1. The summed E-state index contributed by atoms with van der Waals surface area (Å²) in [6, 6.07) is 12.4. The molecule has 0 saturated carbocycles. The predicted octanol–water partition coefficient (Wildman–Crippen LogP) is 3.23. The first-order valence-corrected chi connectivity index (χ1v) is 8.88. The van der Waals surface area contributed by atoms with Gasteiger partial charge in [-0.2, -0.15) is 0 Å². The minimum Gasteiger partial charge on any atom is -0.343 e. The molecule has 4 nitrogen and oxygen atoms in total. The number of hydrogen-bond donors (Lipinski definition) is 0. The quantitative estimate of drug-likeness (QED) is 0.820. The highest BCUT2D eigenvalue weighted by atomic mass is 79.9. The second kappa shape index (κ2) is 7.32. The van der Waals surface area contributed by atoms with Crippen molar-refractivity contribution in [2.45, 2.75) is 20.0 Å². The Labute approximate surface area is 145 Å². The molecule has 1 aliphatic heterocycles. The van der Waals surface area contributed by atoms with Gasteiger partial charge in [0.25, 0.3) is 5.91 Å². The Morgan fingerprint density at radius 1 is 1.13 bits per heavy atom. The lowest BCUT2D eigenvalue weighted by atomic mass is 10.2. The number of hydrogen-bond acceptors (Lipinski definition) is 2. The summed E-state index contributed by atoms with van der Waals surface area (Å²) in [5.74, 6) is 0.136. The van der Waals surface area contributed by atoms with Gasteiger partial charge in [-0.25, -0.2) is 0 Å². The van der Waals surface area contributed by atoms with Crippen LogP contribution in [0.2, 0.25) is 0 Å². The second-order valence-corrected chi connectivity index (χ2v) is 6.80. The molecule has 0 unspecified atom stereocenters. The minimum absolute atomic E-state index is 0.136. The Bertz CT molecular complexity index is 660. The van der Waals surface area contributed by atoms with Crippen LogP contribution in [-0.4, -0.2) is 46.5 Å². The molecule has 1 aromatic heterocycles. The first-order valence-electron chi connectivity index (χ1n) is 8.08. The zero-order valence-electron chi connectivity index (χ0n) is 13.4. The lowest BCUT2D eigenvalue weighted by Crippen LogP contribution is -2.48. The van der Waals surface area contributed by atoms with Crippen molar-refractivity contribution in [2.75, 3.05) is 26.2 Å². The molecule has 3 rings (SSSR count). The zero-order chi connectivity index (χ0) is 16.2. The molecule has 2 aromatic rings. The van der Waals surface area contributed by atoms with E-state index in [1.807, 2.05) is 27.8 Å². The van der Waals surface area contributed by atoms with Crippen LogP contribution < -0.4 is 0 Å². The molecule has 0 N–H and O–H groups in total. The SMILES string of the molecule is CCn1cc(Br)cc1C(=O)N1CCN(Cc2ccccc2)CC1. The van der Waals surface area contributed by atoms with E-state index in [0.717, 1.165) is 49.4 Å². The molecule has 1 aromatic carbocycles. The Balaban J connectivity index is 1.59. The van der Waals surface area contributed by atoms with Crippen molar-refractivity contribution >= 4 is 21.8 Å².